The minimum Gasteiger partial charge on any atom is -0.507 e. The molecular formula is C28H29ClFN5O3. The van der Waals surface area contributed by atoms with Gasteiger partial charge in [0.05, 0.1) is 10.7 Å². The molecule has 0 radical (unpaired) electrons. The normalized spacial score (nSPS) is 14.3. The van der Waals surface area contributed by atoms with Crippen molar-refractivity contribution in [2.24, 2.45) is 7.05 Å². The van der Waals surface area contributed by atoms with E-state index in [0.717, 1.165) is 45.0 Å². The first-order valence-electron chi connectivity index (χ1n) is 12.5. The maximum absolute atomic E-state index is 14.8. The van der Waals surface area contributed by atoms with E-state index in [2.05, 4.69) is 14.8 Å². The molecule has 0 amide bonds. The highest BCUT2D eigenvalue weighted by molar-refractivity contribution is 6.32. The van der Waals surface area contributed by atoms with E-state index in [1.165, 1.54) is 21.3 Å². The van der Waals surface area contributed by atoms with Crippen LogP contribution in [0.2, 0.25) is 5.02 Å². The topological polar surface area (TPSA) is 86.8 Å². The lowest BCUT2D eigenvalue weighted by atomic mass is 9.97. The molecule has 0 unspecified atom stereocenters. The number of piperazine rings is 1. The second-order valence-corrected chi connectivity index (χ2v) is 9.79. The molecular weight excluding hydrogens is 509 g/mol. The number of nitrogens with zero attached hydrogens (tertiary/aromatic N) is 5. The SMILES string of the molecule is Cn1ccn(-c2ccc(-c3cc(F)cc(-c4ccnc(N5CCN(CCCO)CC5)c4)c3O)cc2Cl)c1=O. The summed E-state index contributed by atoms with van der Waals surface area (Å²) < 4.78 is 17.7. The Morgan fingerprint density at radius 1 is 1.00 bits per heavy atom. The fourth-order valence-corrected chi connectivity index (χ4v) is 5.08. The summed E-state index contributed by atoms with van der Waals surface area (Å²) in [6.07, 6.45) is 5.68. The number of phenolic OH excluding ortho intramolecular Hbond substituents is 1. The molecule has 0 aliphatic carbocycles. The van der Waals surface area contributed by atoms with Gasteiger partial charge in [-0.15, -0.1) is 0 Å². The molecule has 4 aromatic rings. The van der Waals surface area contributed by atoms with E-state index < -0.39 is 5.82 Å². The summed E-state index contributed by atoms with van der Waals surface area (Å²) in [5.74, 6) is 0.191. The summed E-state index contributed by atoms with van der Waals surface area (Å²) in [5, 5.41) is 20.6. The van der Waals surface area contributed by atoms with Crippen LogP contribution < -0.4 is 10.6 Å². The van der Waals surface area contributed by atoms with Crippen LogP contribution in [0.5, 0.6) is 5.75 Å². The van der Waals surface area contributed by atoms with Gasteiger partial charge in [0, 0.05) is 76.1 Å². The van der Waals surface area contributed by atoms with Crippen molar-refractivity contribution in [3.8, 4) is 33.7 Å². The molecule has 0 bridgehead atoms. The number of rotatable bonds is 7. The molecule has 3 heterocycles. The molecule has 1 aliphatic rings. The lowest BCUT2D eigenvalue weighted by Crippen LogP contribution is -2.47. The van der Waals surface area contributed by atoms with Gasteiger partial charge in [-0.25, -0.2) is 14.2 Å². The Balaban J connectivity index is 1.44. The van der Waals surface area contributed by atoms with Gasteiger partial charge in [-0.1, -0.05) is 17.7 Å². The highest BCUT2D eigenvalue weighted by Gasteiger charge is 2.20. The Hall–Kier alpha value is -3.66. The van der Waals surface area contributed by atoms with Gasteiger partial charge in [0.15, 0.2) is 0 Å². The molecule has 198 valence electrons. The van der Waals surface area contributed by atoms with Crippen LogP contribution in [-0.2, 0) is 7.05 Å². The second-order valence-electron chi connectivity index (χ2n) is 9.39. The molecule has 5 rings (SSSR count). The second kappa shape index (κ2) is 11.0. The molecule has 38 heavy (non-hydrogen) atoms. The number of aromatic hydroxyl groups is 1. The number of aryl methyl sites for hydroxylation is 1. The van der Waals surface area contributed by atoms with Crippen molar-refractivity contribution in [3.63, 3.8) is 0 Å². The highest BCUT2D eigenvalue weighted by atomic mass is 35.5. The summed E-state index contributed by atoms with van der Waals surface area (Å²) in [6.45, 7) is 4.37. The first-order valence-corrected chi connectivity index (χ1v) is 12.8. The number of halogens is 2. The number of anilines is 1. The largest absolute Gasteiger partial charge is 0.507 e. The van der Waals surface area contributed by atoms with E-state index in [0.29, 0.717) is 33.0 Å². The summed E-state index contributed by atoms with van der Waals surface area (Å²) in [7, 11) is 1.65. The molecule has 0 atom stereocenters. The molecule has 0 saturated carbocycles. The van der Waals surface area contributed by atoms with Crippen molar-refractivity contribution in [1.29, 1.82) is 0 Å². The van der Waals surface area contributed by atoms with Crippen molar-refractivity contribution in [1.82, 2.24) is 19.0 Å². The number of aromatic nitrogens is 3. The van der Waals surface area contributed by atoms with Gasteiger partial charge in [-0.3, -0.25) is 9.47 Å². The number of aliphatic hydroxyl groups is 1. The third-order valence-electron chi connectivity index (χ3n) is 6.93. The van der Waals surface area contributed by atoms with Crippen LogP contribution in [0.3, 0.4) is 0 Å². The molecule has 10 heteroatoms. The van der Waals surface area contributed by atoms with Gasteiger partial charge >= 0.3 is 5.69 Å². The van der Waals surface area contributed by atoms with Gasteiger partial charge in [-0.2, -0.15) is 0 Å². The Morgan fingerprint density at radius 3 is 2.34 bits per heavy atom. The number of hydrogen-bond acceptors (Lipinski definition) is 6. The van der Waals surface area contributed by atoms with E-state index in [9.17, 15) is 14.3 Å². The Kier molecular flexibility index (Phi) is 7.51. The van der Waals surface area contributed by atoms with Crippen LogP contribution in [0.15, 0.2) is 65.8 Å². The number of aliphatic hydroxyl groups excluding tert-OH is 1. The quantitative estimate of drug-likeness (QED) is 0.372. The Morgan fingerprint density at radius 2 is 1.71 bits per heavy atom. The first-order chi connectivity index (χ1) is 18.4. The van der Waals surface area contributed by atoms with E-state index in [4.69, 9.17) is 16.7 Å². The van der Waals surface area contributed by atoms with Gasteiger partial charge in [-0.05, 0) is 53.9 Å². The van der Waals surface area contributed by atoms with Crippen molar-refractivity contribution in [2.75, 3.05) is 44.2 Å². The third kappa shape index (κ3) is 5.18. The first kappa shape index (κ1) is 26.0. The van der Waals surface area contributed by atoms with E-state index in [1.54, 1.807) is 49.9 Å². The number of pyridine rings is 1. The third-order valence-corrected chi connectivity index (χ3v) is 7.23. The van der Waals surface area contributed by atoms with E-state index in [-0.39, 0.29) is 18.0 Å². The van der Waals surface area contributed by atoms with Crippen LogP contribution in [-0.4, -0.2) is 68.6 Å². The van der Waals surface area contributed by atoms with Crippen molar-refractivity contribution >= 4 is 17.4 Å². The maximum atomic E-state index is 14.8. The summed E-state index contributed by atoms with van der Waals surface area (Å²) >= 11 is 6.52. The van der Waals surface area contributed by atoms with Gasteiger partial charge < -0.3 is 19.7 Å². The number of imidazole rings is 1. The molecule has 8 nitrogen and oxygen atoms in total. The molecule has 0 spiro atoms. The zero-order valence-corrected chi connectivity index (χ0v) is 21.8. The lowest BCUT2D eigenvalue weighted by Gasteiger charge is -2.35. The number of benzene rings is 2. The predicted molar refractivity (Wildman–Crippen MR) is 147 cm³/mol. The smallest absolute Gasteiger partial charge is 0.332 e. The summed E-state index contributed by atoms with van der Waals surface area (Å²) in [5.41, 5.74) is 2.07. The number of hydrogen-bond donors (Lipinski definition) is 2. The fraction of sp³-hybridized carbons (Fsp3) is 0.286. The minimum absolute atomic E-state index is 0.0712. The Labute approximate surface area is 224 Å². The van der Waals surface area contributed by atoms with E-state index >= 15 is 0 Å². The zero-order valence-electron chi connectivity index (χ0n) is 21.0. The van der Waals surface area contributed by atoms with Crippen LogP contribution >= 0.6 is 11.6 Å². The van der Waals surface area contributed by atoms with Crippen LogP contribution in [0.1, 0.15) is 6.42 Å². The predicted octanol–water partition coefficient (Wildman–Crippen LogP) is 3.91. The monoisotopic (exact) mass is 537 g/mol. The fourth-order valence-electron chi connectivity index (χ4n) is 4.81. The molecule has 1 saturated heterocycles. The average Bonchev–Trinajstić information content (AvgIpc) is 3.26. The van der Waals surface area contributed by atoms with E-state index in [1.807, 2.05) is 6.07 Å². The standard InChI is InChI=1S/C28H29ClFN5O3/c1-32-8-13-35(28(32)38)25-4-3-19(15-24(25)29)22-17-21(30)18-23(27(22)37)20-5-6-31-26(16-20)34-11-9-33(10-12-34)7-2-14-36/h3-6,8,13,15-18,36-37H,2,7,9-12,14H2,1H3. The molecule has 1 aliphatic heterocycles. The molecule has 1 fully saturated rings. The van der Waals surface area contributed by atoms with Crippen molar-refractivity contribution in [2.45, 2.75) is 6.42 Å². The Bertz CT molecular complexity index is 1510. The van der Waals surface area contributed by atoms with Crippen molar-refractivity contribution in [3.05, 3.63) is 82.4 Å². The van der Waals surface area contributed by atoms with Gasteiger partial charge in [0.2, 0.25) is 0 Å². The van der Waals surface area contributed by atoms with Crippen LogP contribution in [0.25, 0.3) is 27.9 Å². The van der Waals surface area contributed by atoms with Crippen LogP contribution in [0.4, 0.5) is 10.2 Å². The maximum Gasteiger partial charge on any atom is 0.332 e. The highest BCUT2D eigenvalue weighted by Crippen LogP contribution is 2.40. The molecule has 2 aromatic heterocycles. The minimum atomic E-state index is -0.497. The molecule has 2 aromatic carbocycles. The summed E-state index contributed by atoms with van der Waals surface area (Å²) in [4.78, 5) is 21.3. The lowest BCUT2D eigenvalue weighted by molar-refractivity contribution is 0.215. The molecule has 2 N–H and O–H groups in total. The van der Waals surface area contributed by atoms with Crippen molar-refractivity contribution < 1.29 is 14.6 Å². The number of phenols is 1. The van der Waals surface area contributed by atoms with Gasteiger partial charge in [0.1, 0.15) is 17.4 Å². The summed E-state index contributed by atoms with van der Waals surface area (Å²) in [6, 6.07) is 11.2. The zero-order chi connectivity index (χ0) is 26.8. The average molecular weight is 538 g/mol. The van der Waals surface area contributed by atoms with Gasteiger partial charge in [0.25, 0.3) is 0 Å². The van der Waals surface area contributed by atoms with Crippen LogP contribution in [0, 0.1) is 5.82 Å².